The normalized spacial score (nSPS) is 10.9. The SMILES string of the molecule is CC(CO)(CO)CNc1ccc(CC#N)cc1. The molecule has 0 atom stereocenters. The minimum Gasteiger partial charge on any atom is -0.396 e. The van der Waals surface area contributed by atoms with Crippen molar-refractivity contribution in [3.05, 3.63) is 29.8 Å². The summed E-state index contributed by atoms with van der Waals surface area (Å²) in [7, 11) is 0. The van der Waals surface area contributed by atoms with Crippen LogP contribution in [-0.2, 0) is 6.42 Å². The Morgan fingerprint density at radius 3 is 2.29 bits per heavy atom. The van der Waals surface area contributed by atoms with Crippen LogP contribution in [0.2, 0.25) is 0 Å². The third kappa shape index (κ3) is 4.06. The highest BCUT2D eigenvalue weighted by Crippen LogP contribution is 2.16. The van der Waals surface area contributed by atoms with Crippen LogP contribution in [0.25, 0.3) is 0 Å². The van der Waals surface area contributed by atoms with Gasteiger partial charge in [-0.25, -0.2) is 0 Å². The predicted molar refractivity (Wildman–Crippen MR) is 66.5 cm³/mol. The molecule has 0 saturated heterocycles. The Hall–Kier alpha value is -1.57. The Morgan fingerprint density at radius 1 is 1.24 bits per heavy atom. The van der Waals surface area contributed by atoms with Crippen LogP contribution in [-0.4, -0.2) is 30.0 Å². The van der Waals surface area contributed by atoms with Gasteiger partial charge in [0.05, 0.1) is 25.7 Å². The van der Waals surface area contributed by atoms with E-state index in [1.54, 1.807) is 0 Å². The Balaban J connectivity index is 2.55. The molecule has 0 bridgehead atoms. The molecule has 17 heavy (non-hydrogen) atoms. The third-order valence-corrected chi connectivity index (χ3v) is 2.72. The molecule has 0 aliphatic heterocycles. The van der Waals surface area contributed by atoms with E-state index >= 15 is 0 Å². The standard InChI is InChI=1S/C13H18N2O2/c1-13(9-16,10-17)8-15-12-4-2-11(3-5-12)6-7-14/h2-5,15-17H,6,8-10H2,1H3. The fraction of sp³-hybridized carbons (Fsp3) is 0.462. The van der Waals surface area contributed by atoms with Gasteiger partial charge >= 0.3 is 0 Å². The number of nitrogens with one attached hydrogen (secondary N) is 1. The third-order valence-electron chi connectivity index (χ3n) is 2.72. The molecule has 0 saturated carbocycles. The van der Waals surface area contributed by atoms with Crippen LogP contribution in [0.3, 0.4) is 0 Å². The van der Waals surface area contributed by atoms with Crippen LogP contribution in [0.15, 0.2) is 24.3 Å². The maximum Gasteiger partial charge on any atom is 0.0669 e. The van der Waals surface area contributed by atoms with Gasteiger partial charge in [-0.05, 0) is 17.7 Å². The van der Waals surface area contributed by atoms with Gasteiger partial charge in [-0.3, -0.25) is 0 Å². The van der Waals surface area contributed by atoms with Gasteiger partial charge in [0.15, 0.2) is 0 Å². The lowest BCUT2D eigenvalue weighted by atomic mass is 9.93. The summed E-state index contributed by atoms with van der Waals surface area (Å²) in [5.41, 5.74) is 1.37. The largest absolute Gasteiger partial charge is 0.396 e. The van der Waals surface area contributed by atoms with E-state index in [1.807, 2.05) is 31.2 Å². The monoisotopic (exact) mass is 234 g/mol. The Bertz CT molecular complexity index is 377. The quantitative estimate of drug-likeness (QED) is 0.690. The van der Waals surface area contributed by atoms with E-state index in [9.17, 15) is 0 Å². The van der Waals surface area contributed by atoms with Crippen molar-refractivity contribution in [2.45, 2.75) is 13.3 Å². The van der Waals surface area contributed by atoms with Crippen molar-refractivity contribution in [3.63, 3.8) is 0 Å². The summed E-state index contributed by atoms with van der Waals surface area (Å²) in [5, 5.41) is 30.0. The first kappa shape index (κ1) is 13.5. The second kappa shape index (κ2) is 6.24. The van der Waals surface area contributed by atoms with Crippen molar-refractivity contribution in [1.82, 2.24) is 0 Å². The molecule has 3 N–H and O–H groups in total. The highest BCUT2D eigenvalue weighted by molar-refractivity contribution is 5.45. The van der Waals surface area contributed by atoms with Crippen molar-refractivity contribution >= 4 is 5.69 Å². The van der Waals surface area contributed by atoms with Gasteiger partial charge in [0.1, 0.15) is 0 Å². The molecule has 92 valence electrons. The molecule has 1 aromatic carbocycles. The molecule has 0 radical (unpaired) electrons. The smallest absolute Gasteiger partial charge is 0.0669 e. The van der Waals surface area contributed by atoms with Crippen molar-refractivity contribution in [2.75, 3.05) is 25.1 Å². The van der Waals surface area contributed by atoms with Crippen molar-refractivity contribution in [3.8, 4) is 6.07 Å². The molecule has 0 unspecified atom stereocenters. The van der Waals surface area contributed by atoms with Gasteiger partial charge in [-0.1, -0.05) is 19.1 Å². The maximum atomic E-state index is 9.14. The van der Waals surface area contributed by atoms with Gasteiger partial charge in [-0.15, -0.1) is 0 Å². The average Bonchev–Trinajstić information content (AvgIpc) is 2.38. The zero-order chi connectivity index (χ0) is 12.7. The number of anilines is 1. The molecule has 0 aliphatic rings. The van der Waals surface area contributed by atoms with E-state index in [1.165, 1.54) is 0 Å². The molecule has 4 heteroatoms. The number of rotatable bonds is 6. The molecule has 0 spiro atoms. The van der Waals surface area contributed by atoms with Crippen LogP contribution in [0, 0.1) is 16.7 Å². The fourth-order valence-corrected chi connectivity index (χ4v) is 1.31. The first-order valence-corrected chi connectivity index (χ1v) is 5.55. The second-order valence-electron chi connectivity index (χ2n) is 4.51. The topological polar surface area (TPSA) is 76.3 Å². The minimum absolute atomic E-state index is 0.0665. The fourth-order valence-electron chi connectivity index (χ4n) is 1.31. The van der Waals surface area contributed by atoms with Gasteiger partial charge in [0, 0.05) is 17.6 Å². The van der Waals surface area contributed by atoms with Gasteiger partial charge in [0.25, 0.3) is 0 Å². The lowest BCUT2D eigenvalue weighted by Gasteiger charge is -2.25. The van der Waals surface area contributed by atoms with E-state index in [4.69, 9.17) is 15.5 Å². The van der Waals surface area contributed by atoms with E-state index in [0.717, 1.165) is 11.3 Å². The van der Waals surface area contributed by atoms with Crippen molar-refractivity contribution in [1.29, 1.82) is 5.26 Å². The number of nitriles is 1. The zero-order valence-electron chi connectivity index (χ0n) is 9.98. The first-order valence-electron chi connectivity index (χ1n) is 5.55. The van der Waals surface area contributed by atoms with Crippen molar-refractivity contribution in [2.24, 2.45) is 5.41 Å². The molecular formula is C13H18N2O2. The molecule has 1 aromatic rings. The van der Waals surface area contributed by atoms with Crippen molar-refractivity contribution < 1.29 is 10.2 Å². The van der Waals surface area contributed by atoms with Crippen LogP contribution in [0.4, 0.5) is 5.69 Å². The molecule has 4 nitrogen and oxygen atoms in total. The van der Waals surface area contributed by atoms with E-state index in [-0.39, 0.29) is 13.2 Å². The number of benzene rings is 1. The second-order valence-corrected chi connectivity index (χ2v) is 4.51. The Morgan fingerprint density at radius 2 is 1.82 bits per heavy atom. The number of nitrogens with zero attached hydrogens (tertiary/aromatic N) is 1. The Kier molecular flexibility index (Phi) is 4.95. The summed E-state index contributed by atoms with van der Waals surface area (Å²) >= 11 is 0. The molecule has 0 aromatic heterocycles. The minimum atomic E-state index is -0.522. The number of aliphatic hydroxyl groups excluding tert-OH is 2. The van der Waals surface area contributed by atoms with Crippen LogP contribution >= 0.6 is 0 Å². The first-order chi connectivity index (χ1) is 8.13. The van der Waals surface area contributed by atoms with Crippen LogP contribution in [0.5, 0.6) is 0 Å². The van der Waals surface area contributed by atoms with Gasteiger partial charge in [-0.2, -0.15) is 5.26 Å². The molecule has 1 rings (SSSR count). The summed E-state index contributed by atoms with van der Waals surface area (Å²) in [6.07, 6.45) is 0.408. The zero-order valence-corrected chi connectivity index (χ0v) is 9.98. The molecule has 0 fully saturated rings. The Labute approximate surface area is 102 Å². The molecule has 0 heterocycles. The lowest BCUT2D eigenvalue weighted by Crippen LogP contribution is -2.33. The summed E-state index contributed by atoms with van der Waals surface area (Å²) in [6, 6.07) is 9.65. The lowest BCUT2D eigenvalue weighted by molar-refractivity contribution is 0.0806. The number of hydrogen-bond donors (Lipinski definition) is 3. The van der Waals surface area contributed by atoms with Gasteiger partial charge in [0.2, 0.25) is 0 Å². The highest BCUT2D eigenvalue weighted by atomic mass is 16.3. The van der Waals surface area contributed by atoms with Gasteiger partial charge < -0.3 is 15.5 Å². The summed E-state index contributed by atoms with van der Waals surface area (Å²) in [4.78, 5) is 0. The van der Waals surface area contributed by atoms with Crippen LogP contribution < -0.4 is 5.32 Å². The summed E-state index contributed by atoms with van der Waals surface area (Å²) < 4.78 is 0. The maximum absolute atomic E-state index is 9.14. The molecule has 0 aliphatic carbocycles. The molecule has 0 amide bonds. The summed E-state index contributed by atoms with van der Waals surface area (Å²) in [6.45, 7) is 2.17. The highest BCUT2D eigenvalue weighted by Gasteiger charge is 2.21. The summed E-state index contributed by atoms with van der Waals surface area (Å²) in [5.74, 6) is 0. The number of aliphatic hydroxyl groups is 2. The number of hydrogen-bond acceptors (Lipinski definition) is 4. The van der Waals surface area contributed by atoms with Crippen LogP contribution in [0.1, 0.15) is 12.5 Å². The van der Waals surface area contributed by atoms with E-state index in [2.05, 4.69) is 11.4 Å². The predicted octanol–water partition coefficient (Wildman–Crippen LogP) is 1.16. The van der Waals surface area contributed by atoms with E-state index in [0.29, 0.717) is 13.0 Å². The molecular weight excluding hydrogens is 216 g/mol. The average molecular weight is 234 g/mol. The van der Waals surface area contributed by atoms with E-state index < -0.39 is 5.41 Å².